The highest BCUT2D eigenvalue weighted by Gasteiger charge is 2.12. The molecule has 0 N–H and O–H groups in total. The summed E-state index contributed by atoms with van der Waals surface area (Å²) in [6.45, 7) is 4.90. The van der Waals surface area contributed by atoms with Crippen molar-refractivity contribution in [2.24, 2.45) is 0 Å². The van der Waals surface area contributed by atoms with E-state index in [9.17, 15) is 0 Å². The molecule has 122 valence electrons. The summed E-state index contributed by atoms with van der Waals surface area (Å²) in [6.07, 6.45) is 2.43. The molecule has 1 aliphatic heterocycles. The number of rotatable bonds is 2. The van der Waals surface area contributed by atoms with E-state index in [1.165, 1.54) is 24.1 Å². The predicted molar refractivity (Wildman–Crippen MR) is 96.2 cm³/mol. The van der Waals surface area contributed by atoms with Crippen molar-refractivity contribution in [3.63, 3.8) is 0 Å². The minimum atomic E-state index is 0.734. The van der Waals surface area contributed by atoms with E-state index >= 15 is 0 Å². The van der Waals surface area contributed by atoms with Gasteiger partial charge < -0.3 is 9.64 Å². The van der Waals surface area contributed by atoms with Crippen molar-refractivity contribution in [1.29, 1.82) is 0 Å². The fourth-order valence-corrected chi connectivity index (χ4v) is 3.10. The molecule has 2 aromatic rings. The second-order valence-electron chi connectivity index (χ2n) is 6.21. The lowest BCUT2D eigenvalue weighted by Gasteiger charge is -2.22. The van der Waals surface area contributed by atoms with Crippen molar-refractivity contribution in [2.45, 2.75) is 19.4 Å². The number of anilines is 1. The van der Waals surface area contributed by atoms with Gasteiger partial charge in [-0.05, 0) is 37.1 Å². The van der Waals surface area contributed by atoms with Crippen LogP contribution in [0.3, 0.4) is 0 Å². The molecule has 3 rings (SSSR count). The van der Waals surface area contributed by atoms with E-state index in [4.69, 9.17) is 4.74 Å². The Kier molecular flexibility index (Phi) is 5.54. The van der Waals surface area contributed by atoms with E-state index < -0.39 is 0 Å². The normalized spacial score (nSPS) is 17.0. The van der Waals surface area contributed by atoms with E-state index in [0.29, 0.717) is 0 Å². The number of fused-ring (bicyclic) bond motifs is 1. The molecule has 3 heteroatoms. The topological polar surface area (TPSA) is 15.7 Å². The highest BCUT2D eigenvalue weighted by atomic mass is 16.5. The molecule has 0 saturated heterocycles. The highest BCUT2D eigenvalue weighted by Crippen LogP contribution is 2.27. The molecule has 1 heterocycles. The molecule has 23 heavy (non-hydrogen) atoms. The first-order valence-electron chi connectivity index (χ1n) is 8.52. The zero-order valence-electron chi connectivity index (χ0n) is 13.9. The SMILES string of the molecule is CN1CCCCN(Cc2ccccc2)CCOc2ccccc21. The molecule has 0 aliphatic carbocycles. The lowest BCUT2D eigenvalue weighted by molar-refractivity contribution is 0.202. The Morgan fingerprint density at radius 3 is 2.48 bits per heavy atom. The summed E-state index contributed by atoms with van der Waals surface area (Å²) in [5.74, 6) is 0.997. The van der Waals surface area contributed by atoms with Crippen molar-refractivity contribution >= 4 is 5.69 Å². The van der Waals surface area contributed by atoms with Crippen LogP contribution in [0.2, 0.25) is 0 Å². The summed E-state index contributed by atoms with van der Waals surface area (Å²) in [6, 6.07) is 19.1. The third-order valence-corrected chi connectivity index (χ3v) is 4.41. The van der Waals surface area contributed by atoms with Crippen LogP contribution in [0.15, 0.2) is 54.6 Å². The maximum atomic E-state index is 6.07. The van der Waals surface area contributed by atoms with Gasteiger partial charge in [0.1, 0.15) is 12.4 Å². The molecule has 0 amide bonds. The first-order chi connectivity index (χ1) is 11.3. The lowest BCUT2D eigenvalue weighted by Crippen LogP contribution is -2.29. The molecule has 0 aromatic heterocycles. The van der Waals surface area contributed by atoms with Crippen molar-refractivity contribution in [1.82, 2.24) is 4.90 Å². The Labute approximate surface area is 139 Å². The van der Waals surface area contributed by atoms with Crippen LogP contribution in [-0.2, 0) is 6.54 Å². The van der Waals surface area contributed by atoms with Gasteiger partial charge in [0.2, 0.25) is 0 Å². The van der Waals surface area contributed by atoms with Crippen LogP contribution in [-0.4, -0.2) is 38.2 Å². The largest absolute Gasteiger partial charge is 0.490 e. The molecule has 0 radical (unpaired) electrons. The van der Waals surface area contributed by atoms with Gasteiger partial charge >= 0.3 is 0 Å². The summed E-state index contributed by atoms with van der Waals surface area (Å²) in [5, 5.41) is 0. The smallest absolute Gasteiger partial charge is 0.142 e. The summed E-state index contributed by atoms with van der Waals surface area (Å²) in [7, 11) is 2.15. The summed E-state index contributed by atoms with van der Waals surface area (Å²) >= 11 is 0. The van der Waals surface area contributed by atoms with E-state index in [0.717, 1.165) is 38.5 Å². The number of nitrogens with zero attached hydrogens (tertiary/aromatic N) is 2. The van der Waals surface area contributed by atoms with Gasteiger partial charge in [0.15, 0.2) is 0 Å². The van der Waals surface area contributed by atoms with Crippen LogP contribution in [0.25, 0.3) is 0 Å². The number of hydrogen-bond acceptors (Lipinski definition) is 3. The van der Waals surface area contributed by atoms with Crippen LogP contribution in [0.4, 0.5) is 5.69 Å². The number of ether oxygens (including phenoxy) is 1. The van der Waals surface area contributed by atoms with Crippen LogP contribution in [0.5, 0.6) is 5.75 Å². The van der Waals surface area contributed by atoms with E-state index in [1.54, 1.807) is 0 Å². The summed E-state index contributed by atoms with van der Waals surface area (Å²) < 4.78 is 6.07. The third kappa shape index (κ3) is 4.49. The predicted octanol–water partition coefficient (Wildman–Crippen LogP) is 3.80. The Hall–Kier alpha value is -2.00. The van der Waals surface area contributed by atoms with Crippen molar-refractivity contribution in [3.8, 4) is 5.75 Å². The summed E-state index contributed by atoms with van der Waals surface area (Å²) in [4.78, 5) is 4.81. The Balaban J connectivity index is 1.67. The molecule has 0 atom stereocenters. The monoisotopic (exact) mass is 310 g/mol. The standard InChI is InChI=1S/C20H26N2O/c1-21-13-7-8-14-22(17-18-9-3-2-4-10-18)15-16-23-20-12-6-5-11-19(20)21/h2-6,9-12H,7-8,13-17H2,1H3. The van der Waals surface area contributed by atoms with Gasteiger partial charge in [-0.25, -0.2) is 0 Å². The van der Waals surface area contributed by atoms with Gasteiger partial charge in [0.25, 0.3) is 0 Å². The fraction of sp³-hybridized carbons (Fsp3) is 0.400. The molecule has 3 nitrogen and oxygen atoms in total. The maximum Gasteiger partial charge on any atom is 0.142 e. The van der Waals surface area contributed by atoms with Gasteiger partial charge in [-0.1, -0.05) is 42.5 Å². The second-order valence-corrected chi connectivity index (χ2v) is 6.21. The summed E-state index contributed by atoms with van der Waals surface area (Å²) in [5.41, 5.74) is 2.57. The Morgan fingerprint density at radius 1 is 0.870 bits per heavy atom. The molecular formula is C20H26N2O. The van der Waals surface area contributed by atoms with Crippen LogP contribution in [0.1, 0.15) is 18.4 Å². The van der Waals surface area contributed by atoms with Gasteiger partial charge in [0.05, 0.1) is 5.69 Å². The third-order valence-electron chi connectivity index (χ3n) is 4.41. The Bertz CT molecular complexity index is 600. The van der Waals surface area contributed by atoms with Crippen LogP contribution >= 0.6 is 0 Å². The molecular weight excluding hydrogens is 284 g/mol. The minimum Gasteiger partial charge on any atom is -0.490 e. The van der Waals surface area contributed by atoms with Gasteiger partial charge in [0, 0.05) is 26.7 Å². The maximum absolute atomic E-state index is 6.07. The number of hydrogen-bond donors (Lipinski definition) is 0. The molecule has 1 aliphatic rings. The van der Waals surface area contributed by atoms with E-state index in [1.807, 2.05) is 6.07 Å². The first kappa shape index (κ1) is 15.9. The van der Waals surface area contributed by atoms with Crippen LogP contribution in [0, 0.1) is 0 Å². The minimum absolute atomic E-state index is 0.734. The Morgan fingerprint density at radius 2 is 1.61 bits per heavy atom. The fourth-order valence-electron chi connectivity index (χ4n) is 3.10. The zero-order valence-corrected chi connectivity index (χ0v) is 13.9. The van der Waals surface area contributed by atoms with Crippen molar-refractivity contribution < 1.29 is 4.74 Å². The number of benzene rings is 2. The van der Waals surface area contributed by atoms with Crippen molar-refractivity contribution in [3.05, 3.63) is 60.2 Å². The molecule has 0 spiro atoms. The van der Waals surface area contributed by atoms with Gasteiger partial charge in [-0.3, -0.25) is 4.90 Å². The highest BCUT2D eigenvalue weighted by molar-refractivity contribution is 5.57. The van der Waals surface area contributed by atoms with Crippen molar-refractivity contribution in [2.75, 3.05) is 38.2 Å². The molecule has 0 bridgehead atoms. The zero-order chi connectivity index (χ0) is 15.9. The second kappa shape index (κ2) is 8.02. The number of para-hydroxylation sites is 2. The van der Waals surface area contributed by atoms with Crippen LogP contribution < -0.4 is 9.64 Å². The molecule has 0 unspecified atom stereocenters. The van der Waals surface area contributed by atoms with Gasteiger partial charge in [-0.2, -0.15) is 0 Å². The first-order valence-corrected chi connectivity index (χ1v) is 8.52. The molecule has 2 aromatic carbocycles. The molecule has 0 fully saturated rings. The quantitative estimate of drug-likeness (QED) is 0.839. The average Bonchev–Trinajstić information content (AvgIpc) is 2.62. The van der Waals surface area contributed by atoms with E-state index in [-0.39, 0.29) is 0 Å². The molecule has 0 saturated carbocycles. The van der Waals surface area contributed by atoms with E-state index in [2.05, 4.69) is 65.4 Å². The van der Waals surface area contributed by atoms with Gasteiger partial charge in [-0.15, -0.1) is 0 Å². The average molecular weight is 310 g/mol. The lowest BCUT2D eigenvalue weighted by atomic mass is 10.2.